The first kappa shape index (κ1) is 16.1. The summed E-state index contributed by atoms with van der Waals surface area (Å²) in [5.41, 5.74) is 2.61. The number of thioether (sulfide) groups is 1. The molecule has 2 aliphatic rings. The fraction of sp³-hybridized carbons (Fsp3) is 0.600. The van der Waals surface area contributed by atoms with Gasteiger partial charge in [-0.15, -0.1) is 11.8 Å². The molecule has 5 nitrogen and oxygen atoms in total. The Morgan fingerprint density at radius 2 is 2.00 bits per heavy atom. The van der Waals surface area contributed by atoms with E-state index in [-0.39, 0.29) is 11.2 Å². The third kappa shape index (κ3) is 3.49. The topological polar surface area (TPSA) is 58.6 Å². The zero-order valence-corrected chi connectivity index (χ0v) is 13.8. The molecule has 1 N–H and O–H groups in total. The van der Waals surface area contributed by atoms with Crippen LogP contribution in [-0.4, -0.2) is 48.5 Å². The fourth-order valence-electron chi connectivity index (χ4n) is 2.47. The fourth-order valence-corrected chi connectivity index (χ4v) is 3.47. The molecule has 1 atom stereocenters. The molecular weight excluding hydrogens is 288 g/mol. The molecule has 1 heterocycles. The Kier molecular flexibility index (Phi) is 5.11. The van der Waals surface area contributed by atoms with Crippen molar-refractivity contribution in [2.24, 2.45) is 0 Å². The zero-order chi connectivity index (χ0) is 15.6. The van der Waals surface area contributed by atoms with Crippen molar-refractivity contribution >= 4 is 23.6 Å². The molecule has 1 aliphatic carbocycles. The third-order valence-electron chi connectivity index (χ3n) is 3.74. The molecule has 0 aromatic heterocycles. The van der Waals surface area contributed by atoms with Gasteiger partial charge in [0.2, 0.25) is 0 Å². The van der Waals surface area contributed by atoms with Crippen molar-refractivity contribution in [2.45, 2.75) is 32.1 Å². The highest BCUT2D eigenvalue weighted by Crippen LogP contribution is 2.33. The van der Waals surface area contributed by atoms with E-state index in [0.29, 0.717) is 5.76 Å². The van der Waals surface area contributed by atoms with Gasteiger partial charge in [0.05, 0.1) is 0 Å². The summed E-state index contributed by atoms with van der Waals surface area (Å²) in [6.45, 7) is 4.68. The van der Waals surface area contributed by atoms with Crippen molar-refractivity contribution in [1.29, 1.82) is 0 Å². The van der Waals surface area contributed by atoms with Crippen LogP contribution in [0.25, 0.3) is 0 Å². The van der Waals surface area contributed by atoms with Crippen LogP contribution >= 0.6 is 11.8 Å². The SMILES string of the molecule is CC1=C(OC(=O)N(C)C)C(C)=C(C(=O)[C@H]2NCCS2)CC1. The second-order valence-corrected chi connectivity index (χ2v) is 6.76. The maximum atomic E-state index is 12.6. The lowest BCUT2D eigenvalue weighted by Gasteiger charge is -2.24. The monoisotopic (exact) mass is 310 g/mol. The summed E-state index contributed by atoms with van der Waals surface area (Å²) in [5, 5.41) is 3.05. The molecule has 0 aromatic rings. The molecule has 0 unspecified atom stereocenters. The number of carbonyl (C=O) groups is 2. The molecule has 1 saturated heterocycles. The van der Waals surface area contributed by atoms with Crippen LogP contribution in [0.4, 0.5) is 4.79 Å². The normalized spacial score (nSPS) is 22.6. The Bertz CT molecular complexity index is 517. The average molecular weight is 310 g/mol. The summed E-state index contributed by atoms with van der Waals surface area (Å²) in [4.78, 5) is 25.7. The summed E-state index contributed by atoms with van der Waals surface area (Å²) < 4.78 is 5.45. The lowest BCUT2D eigenvalue weighted by atomic mass is 9.89. The molecule has 0 aromatic carbocycles. The van der Waals surface area contributed by atoms with Crippen molar-refractivity contribution in [3.8, 4) is 0 Å². The minimum atomic E-state index is -0.411. The lowest BCUT2D eigenvalue weighted by molar-refractivity contribution is -0.115. The first-order chi connectivity index (χ1) is 9.91. The number of ketones is 1. The quantitative estimate of drug-likeness (QED) is 0.867. The van der Waals surface area contributed by atoms with Gasteiger partial charge in [-0.05, 0) is 37.8 Å². The van der Waals surface area contributed by atoms with Crippen LogP contribution in [0.1, 0.15) is 26.7 Å². The number of ether oxygens (including phenoxy) is 1. The van der Waals surface area contributed by atoms with Gasteiger partial charge in [-0.25, -0.2) is 4.79 Å². The van der Waals surface area contributed by atoms with Crippen molar-refractivity contribution in [1.82, 2.24) is 10.2 Å². The molecule has 0 radical (unpaired) electrons. The number of rotatable bonds is 3. The van der Waals surface area contributed by atoms with E-state index >= 15 is 0 Å². The molecule has 1 amide bonds. The largest absolute Gasteiger partial charge is 0.414 e. The Labute approximate surface area is 129 Å². The van der Waals surface area contributed by atoms with E-state index in [1.807, 2.05) is 13.8 Å². The number of Topliss-reactive ketones (excluding diaryl/α,β-unsaturated/α-hetero) is 1. The van der Waals surface area contributed by atoms with E-state index in [1.165, 1.54) is 4.90 Å². The van der Waals surface area contributed by atoms with Gasteiger partial charge in [0, 0.05) is 32.0 Å². The molecule has 0 saturated carbocycles. The number of nitrogens with one attached hydrogen (secondary N) is 1. The van der Waals surface area contributed by atoms with E-state index in [0.717, 1.165) is 41.9 Å². The van der Waals surface area contributed by atoms with Gasteiger partial charge in [-0.1, -0.05) is 0 Å². The van der Waals surface area contributed by atoms with Crippen LogP contribution in [0.2, 0.25) is 0 Å². The molecule has 1 fully saturated rings. The number of amides is 1. The van der Waals surface area contributed by atoms with E-state index in [2.05, 4.69) is 5.32 Å². The van der Waals surface area contributed by atoms with Gasteiger partial charge in [0.15, 0.2) is 5.78 Å². The van der Waals surface area contributed by atoms with Crippen LogP contribution in [0.3, 0.4) is 0 Å². The maximum absolute atomic E-state index is 12.6. The van der Waals surface area contributed by atoms with E-state index in [1.54, 1.807) is 25.9 Å². The zero-order valence-electron chi connectivity index (χ0n) is 13.0. The van der Waals surface area contributed by atoms with Gasteiger partial charge in [-0.3, -0.25) is 10.1 Å². The van der Waals surface area contributed by atoms with Crippen molar-refractivity contribution in [2.75, 3.05) is 26.4 Å². The first-order valence-corrected chi connectivity index (χ1v) is 8.15. The first-order valence-electron chi connectivity index (χ1n) is 7.10. The van der Waals surface area contributed by atoms with E-state index in [9.17, 15) is 9.59 Å². The molecule has 21 heavy (non-hydrogen) atoms. The maximum Gasteiger partial charge on any atom is 0.414 e. The summed E-state index contributed by atoms with van der Waals surface area (Å²) in [6, 6.07) is 0. The number of hydrogen-bond acceptors (Lipinski definition) is 5. The average Bonchev–Trinajstić information content (AvgIpc) is 2.96. The van der Waals surface area contributed by atoms with Gasteiger partial charge in [0.25, 0.3) is 0 Å². The minimum absolute atomic E-state index is 0.126. The van der Waals surface area contributed by atoms with Gasteiger partial charge in [0.1, 0.15) is 11.1 Å². The molecule has 0 bridgehead atoms. The number of nitrogens with zero attached hydrogens (tertiary/aromatic N) is 1. The van der Waals surface area contributed by atoms with Crippen LogP contribution in [0, 0.1) is 0 Å². The Morgan fingerprint density at radius 1 is 1.29 bits per heavy atom. The third-order valence-corrected chi connectivity index (χ3v) is 4.89. The highest BCUT2D eigenvalue weighted by Gasteiger charge is 2.30. The molecular formula is C15H22N2O3S. The van der Waals surface area contributed by atoms with E-state index in [4.69, 9.17) is 4.74 Å². The smallest absolute Gasteiger partial charge is 0.410 e. The highest BCUT2D eigenvalue weighted by molar-refractivity contribution is 8.00. The lowest BCUT2D eigenvalue weighted by Crippen LogP contribution is -2.31. The van der Waals surface area contributed by atoms with Crippen LogP contribution in [0.15, 0.2) is 22.5 Å². The standard InChI is InChI=1S/C15H22N2O3S/c1-9-5-6-11(12(18)14-16-7-8-21-14)10(2)13(9)20-15(19)17(3)4/h14,16H,5-8H2,1-4H3/t14-/m0/s1. The molecule has 2 rings (SSSR count). The van der Waals surface area contributed by atoms with Crippen LogP contribution in [-0.2, 0) is 9.53 Å². The predicted molar refractivity (Wildman–Crippen MR) is 84.1 cm³/mol. The highest BCUT2D eigenvalue weighted by atomic mass is 32.2. The Hall–Kier alpha value is -1.27. The van der Waals surface area contributed by atoms with E-state index < -0.39 is 6.09 Å². The van der Waals surface area contributed by atoms with Crippen LogP contribution in [0.5, 0.6) is 0 Å². The van der Waals surface area contributed by atoms with Gasteiger partial charge in [-0.2, -0.15) is 0 Å². The van der Waals surface area contributed by atoms with Crippen molar-refractivity contribution in [3.63, 3.8) is 0 Å². The van der Waals surface area contributed by atoms with Crippen molar-refractivity contribution in [3.05, 3.63) is 22.5 Å². The molecule has 1 aliphatic heterocycles. The second-order valence-electron chi connectivity index (χ2n) is 5.54. The molecule has 0 spiro atoms. The summed E-state index contributed by atoms with van der Waals surface area (Å²) in [7, 11) is 3.29. The summed E-state index contributed by atoms with van der Waals surface area (Å²) >= 11 is 1.64. The Balaban J connectivity index is 2.23. The minimum Gasteiger partial charge on any atom is -0.410 e. The Morgan fingerprint density at radius 3 is 2.57 bits per heavy atom. The summed E-state index contributed by atoms with van der Waals surface area (Å²) in [5.74, 6) is 1.65. The molecule has 116 valence electrons. The van der Waals surface area contributed by atoms with Crippen LogP contribution < -0.4 is 5.32 Å². The second kappa shape index (κ2) is 6.66. The van der Waals surface area contributed by atoms with Crippen molar-refractivity contribution < 1.29 is 14.3 Å². The number of hydrogen-bond donors (Lipinski definition) is 1. The van der Waals surface area contributed by atoms with Gasteiger partial charge < -0.3 is 9.64 Å². The number of carbonyl (C=O) groups excluding carboxylic acids is 2. The predicted octanol–water partition coefficient (Wildman–Crippen LogP) is 2.30. The summed E-state index contributed by atoms with van der Waals surface area (Å²) in [6.07, 6.45) is 1.06. The number of allylic oxidation sites excluding steroid dienone is 2. The molecule has 6 heteroatoms. The van der Waals surface area contributed by atoms with Gasteiger partial charge >= 0.3 is 6.09 Å².